The topological polar surface area (TPSA) is 120 Å². The molecule has 294 valence electrons. The lowest BCUT2D eigenvalue weighted by molar-refractivity contribution is -0.122. The Morgan fingerprint density at radius 3 is 2.65 bits per heavy atom. The zero-order valence-corrected chi connectivity index (χ0v) is 32.2. The molecule has 0 spiro atoms. The minimum absolute atomic E-state index is 0.000896. The molecular formula is C42H40ClF3N8O3. The van der Waals surface area contributed by atoms with Gasteiger partial charge in [0, 0.05) is 61.1 Å². The number of aryl methyl sites for hydroxylation is 1. The van der Waals surface area contributed by atoms with Crippen LogP contribution in [-0.4, -0.2) is 48.2 Å². The van der Waals surface area contributed by atoms with Gasteiger partial charge in [-0.15, -0.1) is 0 Å². The average molecular weight is 797 g/mol. The molecule has 1 saturated heterocycles. The largest absolute Gasteiger partial charge is 0.443 e. The molecule has 1 amide bonds. The third-order valence-electron chi connectivity index (χ3n) is 11.5. The lowest BCUT2D eigenvalue weighted by Gasteiger charge is -2.34. The predicted octanol–water partition coefficient (Wildman–Crippen LogP) is 7.70. The molecule has 2 aliphatic heterocycles. The zero-order valence-electron chi connectivity index (χ0n) is 31.4. The summed E-state index contributed by atoms with van der Waals surface area (Å²) in [7, 11) is 0. The molecule has 6 aromatic rings. The average Bonchev–Trinajstić information content (AvgIpc) is 3.97. The summed E-state index contributed by atoms with van der Waals surface area (Å²) in [6.45, 7) is 6.72. The van der Waals surface area contributed by atoms with Crippen molar-refractivity contribution in [1.29, 1.82) is 0 Å². The van der Waals surface area contributed by atoms with Gasteiger partial charge in [-0.1, -0.05) is 23.7 Å². The van der Waals surface area contributed by atoms with Gasteiger partial charge >= 0.3 is 0 Å². The van der Waals surface area contributed by atoms with Crippen molar-refractivity contribution in [3.63, 3.8) is 0 Å². The summed E-state index contributed by atoms with van der Waals surface area (Å²) in [5.41, 5.74) is 9.80. The molecule has 15 heteroatoms. The number of nitrogens with one attached hydrogen (secondary N) is 3. The van der Waals surface area contributed by atoms with Crippen molar-refractivity contribution in [3.8, 4) is 22.6 Å². The van der Waals surface area contributed by atoms with E-state index < -0.39 is 29.5 Å². The van der Waals surface area contributed by atoms with Crippen molar-refractivity contribution in [2.24, 2.45) is 11.8 Å². The maximum absolute atomic E-state index is 16.2. The van der Waals surface area contributed by atoms with Crippen molar-refractivity contribution >= 4 is 34.2 Å². The fourth-order valence-electron chi connectivity index (χ4n) is 8.45. The van der Waals surface area contributed by atoms with Crippen LogP contribution in [0.4, 0.5) is 18.9 Å². The number of amides is 1. The van der Waals surface area contributed by atoms with Crippen LogP contribution < -0.4 is 25.6 Å². The first-order valence-electron chi connectivity index (χ1n) is 19.0. The first-order chi connectivity index (χ1) is 27.5. The smallest absolute Gasteiger partial charge is 0.292 e. The maximum Gasteiger partial charge on any atom is 0.292 e. The SMILES string of the molecule is CCn1cncc1Cn1c(Cc2c(F)cc(-c3cccc4c3O[C@@](C)(c3ccc(Cl)cn3)O4)cc2F)nc2cc(NC(=O)C3CC(F)C4NNC(C)C4C3)ccc21. The maximum atomic E-state index is 16.2. The van der Waals surface area contributed by atoms with Crippen molar-refractivity contribution in [3.05, 3.63) is 119 Å². The molecule has 9 rings (SSSR count). The number of halogens is 4. The van der Waals surface area contributed by atoms with E-state index in [2.05, 4.69) is 26.1 Å². The van der Waals surface area contributed by atoms with E-state index in [1.165, 1.54) is 18.3 Å². The minimum atomic E-state index is -1.28. The van der Waals surface area contributed by atoms with Gasteiger partial charge in [0.25, 0.3) is 5.79 Å². The number of ether oxygens (including phenoxy) is 2. The van der Waals surface area contributed by atoms with Crippen molar-refractivity contribution in [2.45, 2.75) is 77.2 Å². The van der Waals surface area contributed by atoms with Crippen molar-refractivity contribution in [1.82, 2.24) is 34.9 Å². The van der Waals surface area contributed by atoms with Gasteiger partial charge in [-0.05, 0) is 86.7 Å². The highest BCUT2D eigenvalue weighted by molar-refractivity contribution is 6.30. The summed E-state index contributed by atoms with van der Waals surface area (Å²) in [6, 6.07) is 16.2. The van der Waals surface area contributed by atoms with Crippen LogP contribution in [-0.2, 0) is 30.1 Å². The summed E-state index contributed by atoms with van der Waals surface area (Å²) < 4.78 is 63.8. The second-order valence-electron chi connectivity index (χ2n) is 15.2. The van der Waals surface area contributed by atoms with Crippen LogP contribution >= 0.6 is 11.6 Å². The van der Waals surface area contributed by atoms with E-state index in [4.69, 9.17) is 26.1 Å². The predicted molar refractivity (Wildman–Crippen MR) is 208 cm³/mol. The van der Waals surface area contributed by atoms with Gasteiger partial charge in [0.1, 0.15) is 29.3 Å². The number of imidazole rings is 2. The molecular weight excluding hydrogens is 757 g/mol. The quantitative estimate of drug-likeness (QED) is 0.136. The van der Waals surface area contributed by atoms with Crippen LogP contribution in [0.1, 0.15) is 56.4 Å². The van der Waals surface area contributed by atoms with Gasteiger partial charge in [-0.25, -0.2) is 23.1 Å². The number of fused-ring (bicyclic) bond motifs is 3. The van der Waals surface area contributed by atoms with Gasteiger partial charge in [0.05, 0.1) is 40.7 Å². The number of anilines is 1. The van der Waals surface area contributed by atoms with Crippen LogP contribution in [0.2, 0.25) is 5.02 Å². The summed E-state index contributed by atoms with van der Waals surface area (Å²) in [4.78, 5) is 27.0. The fraction of sp³-hybridized carbons (Fsp3) is 0.333. The monoisotopic (exact) mass is 796 g/mol. The van der Waals surface area contributed by atoms with Crippen LogP contribution in [0.5, 0.6) is 11.5 Å². The number of para-hydroxylation sites is 1. The van der Waals surface area contributed by atoms with E-state index >= 15 is 13.2 Å². The molecule has 0 radical (unpaired) electrons. The molecule has 5 unspecified atom stereocenters. The standard InChI is InChI=1S/C42H40ClF3N8O3/c1-4-53-21-47-19-27(53)20-54-35-10-9-26(49-41(55)24-12-29-22(2)51-52-39(29)33(46)15-24)16-34(35)50-38(54)17-30-31(44)13-23(14-32(30)45)28-6-5-7-36-40(28)57-42(3,56-36)37-11-8-25(43)18-48-37/h5-11,13-14,16,18-19,21-22,24,29,33,39,51-52H,4,12,15,17,20H2,1-3H3,(H,49,55)/t22?,24?,29?,33?,39?,42-/m0/s1. The molecule has 11 nitrogen and oxygen atoms in total. The highest BCUT2D eigenvalue weighted by atomic mass is 35.5. The summed E-state index contributed by atoms with van der Waals surface area (Å²) >= 11 is 6.04. The Hall–Kier alpha value is -5.44. The van der Waals surface area contributed by atoms with Gasteiger partial charge in [0.2, 0.25) is 5.91 Å². The summed E-state index contributed by atoms with van der Waals surface area (Å²) in [5, 5.41) is 3.44. The van der Waals surface area contributed by atoms with E-state index in [0.29, 0.717) is 69.8 Å². The summed E-state index contributed by atoms with van der Waals surface area (Å²) in [6.07, 6.45) is 4.37. The number of rotatable bonds is 9. The highest BCUT2D eigenvalue weighted by Crippen LogP contribution is 2.49. The zero-order chi connectivity index (χ0) is 39.6. The van der Waals surface area contributed by atoms with Gasteiger partial charge in [0.15, 0.2) is 11.5 Å². The number of carbonyl (C=O) groups excluding carboxylic acids is 1. The second-order valence-corrected chi connectivity index (χ2v) is 15.6. The lowest BCUT2D eigenvalue weighted by atomic mass is 9.75. The number of aromatic nitrogens is 5. The molecule has 3 aromatic carbocycles. The van der Waals surface area contributed by atoms with E-state index in [-0.39, 0.29) is 47.9 Å². The Balaban J connectivity index is 1.01. The number of hydrogen-bond acceptors (Lipinski definition) is 8. The molecule has 1 saturated carbocycles. The molecule has 3 aromatic heterocycles. The number of pyridine rings is 1. The third-order valence-corrected chi connectivity index (χ3v) is 11.7. The van der Waals surface area contributed by atoms with Crippen molar-refractivity contribution < 1.29 is 27.4 Å². The minimum Gasteiger partial charge on any atom is -0.443 e. The van der Waals surface area contributed by atoms with Gasteiger partial charge in [-0.2, -0.15) is 0 Å². The molecule has 6 atom stereocenters. The van der Waals surface area contributed by atoms with Crippen LogP contribution in [0.15, 0.2) is 79.4 Å². The number of hydrogen-bond donors (Lipinski definition) is 3. The fourth-order valence-corrected chi connectivity index (χ4v) is 8.56. The first-order valence-corrected chi connectivity index (χ1v) is 19.4. The van der Waals surface area contributed by atoms with E-state index in [1.807, 2.05) is 29.0 Å². The molecule has 0 bridgehead atoms. The first kappa shape index (κ1) is 37.2. The summed E-state index contributed by atoms with van der Waals surface area (Å²) in [5.74, 6) is -2.37. The van der Waals surface area contributed by atoms with E-state index in [1.54, 1.807) is 61.9 Å². The van der Waals surface area contributed by atoms with Crippen LogP contribution in [0.25, 0.3) is 22.2 Å². The van der Waals surface area contributed by atoms with Crippen molar-refractivity contribution in [2.75, 3.05) is 5.32 Å². The Bertz CT molecular complexity index is 2490. The Kier molecular flexibility index (Phi) is 9.45. The molecule has 3 N–H and O–H groups in total. The molecule has 1 aliphatic carbocycles. The Morgan fingerprint density at radius 2 is 1.88 bits per heavy atom. The van der Waals surface area contributed by atoms with E-state index in [0.717, 1.165) is 5.69 Å². The Labute approximate surface area is 331 Å². The number of alkyl halides is 1. The normalized spacial score (nSPS) is 23.9. The lowest BCUT2D eigenvalue weighted by Crippen LogP contribution is -2.46. The van der Waals surface area contributed by atoms with E-state index in [9.17, 15) is 4.79 Å². The second kappa shape index (κ2) is 14.5. The number of hydrazine groups is 1. The molecule has 57 heavy (non-hydrogen) atoms. The van der Waals surface area contributed by atoms with Crippen LogP contribution in [0, 0.1) is 23.5 Å². The number of nitrogens with zero attached hydrogens (tertiary/aromatic N) is 5. The highest BCUT2D eigenvalue weighted by Gasteiger charge is 2.46. The van der Waals surface area contributed by atoms with Crippen LogP contribution in [0.3, 0.4) is 0 Å². The molecule has 3 aliphatic rings. The Morgan fingerprint density at radius 1 is 1.05 bits per heavy atom. The molecule has 5 heterocycles. The van der Waals surface area contributed by atoms with Gasteiger partial charge in [-0.3, -0.25) is 20.6 Å². The third kappa shape index (κ3) is 6.78. The van der Waals surface area contributed by atoms with Gasteiger partial charge < -0.3 is 23.9 Å². The molecule has 2 fully saturated rings. The number of benzene rings is 3. The number of carbonyl (C=O) groups is 1.